The first kappa shape index (κ1) is 25.5. The van der Waals surface area contributed by atoms with Crippen molar-refractivity contribution in [1.29, 1.82) is 0 Å². The van der Waals surface area contributed by atoms with Gasteiger partial charge in [0.1, 0.15) is 0 Å². The van der Waals surface area contributed by atoms with E-state index in [1.54, 1.807) is 20.3 Å². The van der Waals surface area contributed by atoms with Crippen molar-refractivity contribution >= 4 is 41.6 Å². The molecule has 8 heteroatoms. The number of amides is 1. The fourth-order valence-corrected chi connectivity index (χ4v) is 2.91. The van der Waals surface area contributed by atoms with Crippen LogP contribution in [-0.2, 0) is 0 Å². The molecule has 162 valence electrons. The molecule has 0 aliphatic heterocycles. The molecule has 0 aliphatic carbocycles. The van der Waals surface area contributed by atoms with Gasteiger partial charge in [-0.1, -0.05) is 18.2 Å². The van der Waals surface area contributed by atoms with Crippen LogP contribution in [0.4, 0.5) is 0 Å². The molecule has 3 N–H and O–H groups in total. The number of hydrogen-bond acceptors (Lipinski definition) is 5. The molecule has 30 heavy (non-hydrogen) atoms. The molecule has 0 atom stereocenters. The van der Waals surface area contributed by atoms with Crippen LogP contribution in [0.2, 0.25) is 0 Å². The standard InChI is InChI=1S/C22H25N3O3.2ClH/c1-22(2,23)13-24-21(26)16-12-18(25-17-8-6-5-7-15(16)17)14-9-10-19(27-3)20(11-14)28-4;;/h5-12H,13,23H2,1-4H3,(H,24,26);2*1H. The van der Waals surface area contributed by atoms with Gasteiger partial charge in [-0.15, -0.1) is 24.8 Å². The van der Waals surface area contributed by atoms with Gasteiger partial charge in [0.05, 0.1) is 31.0 Å². The Kier molecular flexibility index (Phi) is 8.90. The smallest absolute Gasteiger partial charge is 0.252 e. The first-order chi connectivity index (χ1) is 13.3. The molecule has 0 radical (unpaired) electrons. The summed E-state index contributed by atoms with van der Waals surface area (Å²) in [6.07, 6.45) is 0. The molecule has 0 fully saturated rings. The summed E-state index contributed by atoms with van der Waals surface area (Å²) >= 11 is 0. The number of nitrogens with zero attached hydrogens (tertiary/aromatic N) is 1. The third kappa shape index (κ3) is 5.75. The summed E-state index contributed by atoms with van der Waals surface area (Å²) in [4.78, 5) is 17.6. The number of ether oxygens (including phenoxy) is 2. The molecular formula is C22H27Cl2N3O3. The minimum absolute atomic E-state index is 0. The van der Waals surface area contributed by atoms with Gasteiger partial charge in [0, 0.05) is 23.0 Å². The van der Waals surface area contributed by atoms with Crippen LogP contribution in [0.15, 0.2) is 48.5 Å². The first-order valence-corrected chi connectivity index (χ1v) is 9.01. The summed E-state index contributed by atoms with van der Waals surface area (Å²) < 4.78 is 10.7. The minimum atomic E-state index is -0.495. The lowest BCUT2D eigenvalue weighted by Gasteiger charge is -2.19. The largest absolute Gasteiger partial charge is 0.493 e. The second kappa shape index (κ2) is 10.5. The van der Waals surface area contributed by atoms with E-state index in [1.807, 2.05) is 56.3 Å². The highest BCUT2D eigenvalue weighted by Crippen LogP contribution is 2.33. The number of para-hydroxylation sites is 1. The van der Waals surface area contributed by atoms with Gasteiger partial charge in [-0.05, 0) is 44.2 Å². The normalized spacial score (nSPS) is 10.6. The van der Waals surface area contributed by atoms with Gasteiger partial charge in [0.25, 0.3) is 5.91 Å². The second-order valence-electron chi connectivity index (χ2n) is 7.31. The lowest BCUT2D eigenvalue weighted by atomic mass is 10.0. The average molecular weight is 452 g/mol. The summed E-state index contributed by atoms with van der Waals surface area (Å²) in [7, 11) is 3.18. The quantitative estimate of drug-likeness (QED) is 0.585. The van der Waals surface area contributed by atoms with Crippen molar-refractivity contribution in [2.24, 2.45) is 5.73 Å². The fourth-order valence-electron chi connectivity index (χ4n) is 2.91. The van der Waals surface area contributed by atoms with E-state index in [-0.39, 0.29) is 30.7 Å². The Labute approximate surface area is 189 Å². The van der Waals surface area contributed by atoms with E-state index in [2.05, 4.69) is 5.32 Å². The van der Waals surface area contributed by atoms with Crippen LogP contribution in [-0.4, -0.2) is 37.2 Å². The number of rotatable bonds is 6. The van der Waals surface area contributed by atoms with Crippen molar-refractivity contribution in [1.82, 2.24) is 10.3 Å². The van der Waals surface area contributed by atoms with Crippen molar-refractivity contribution in [3.05, 3.63) is 54.1 Å². The van der Waals surface area contributed by atoms with Crippen LogP contribution < -0.4 is 20.5 Å². The third-order valence-electron chi connectivity index (χ3n) is 4.34. The van der Waals surface area contributed by atoms with Crippen molar-refractivity contribution in [3.63, 3.8) is 0 Å². The predicted molar refractivity (Wildman–Crippen MR) is 125 cm³/mol. The monoisotopic (exact) mass is 451 g/mol. The number of fused-ring (bicyclic) bond motifs is 1. The summed E-state index contributed by atoms with van der Waals surface area (Å²) in [5.74, 6) is 1.06. The number of pyridine rings is 1. The molecule has 0 saturated heterocycles. The Hall–Kier alpha value is -2.54. The Bertz CT molecular complexity index is 1020. The minimum Gasteiger partial charge on any atom is -0.493 e. The Morgan fingerprint density at radius 1 is 1.03 bits per heavy atom. The molecule has 1 amide bonds. The molecule has 1 aromatic heterocycles. The maximum atomic E-state index is 12.9. The number of benzene rings is 2. The predicted octanol–water partition coefficient (Wildman–Crippen LogP) is 4.23. The van der Waals surface area contributed by atoms with Crippen LogP contribution in [0.3, 0.4) is 0 Å². The molecule has 1 heterocycles. The van der Waals surface area contributed by atoms with Crippen LogP contribution in [0, 0.1) is 0 Å². The number of halogens is 2. The highest BCUT2D eigenvalue weighted by Gasteiger charge is 2.17. The Morgan fingerprint density at radius 3 is 2.33 bits per heavy atom. The molecule has 0 bridgehead atoms. The number of nitrogens with one attached hydrogen (secondary N) is 1. The number of carbonyl (C=O) groups excluding carboxylic acids is 1. The van der Waals surface area contributed by atoms with Crippen molar-refractivity contribution in [3.8, 4) is 22.8 Å². The molecule has 2 aromatic carbocycles. The van der Waals surface area contributed by atoms with E-state index in [0.717, 1.165) is 16.5 Å². The average Bonchev–Trinajstić information content (AvgIpc) is 2.70. The highest BCUT2D eigenvalue weighted by atomic mass is 35.5. The van der Waals surface area contributed by atoms with Gasteiger partial charge in [0.15, 0.2) is 11.5 Å². The SMILES string of the molecule is COc1ccc(-c2cc(C(=O)NCC(C)(C)N)c3ccccc3n2)cc1OC.Cl.Cl. The molecular weight excluding hydrogens is 425 g/mol. The zero-order chi connectivity index (χ0) is 20.3. The number of carbonyl (C=O) groups is 1. The van der Waals surface area contributed by atoms with Crippen molar-refractivity contribution < 1.29 is 14.3 Å². The third-order valence-corrected chi connectivity index (χ3v) is 4.34. The number of methoxy groups -OCH3 is 2. The zero-order valence-corrected chi connectivity index (χ0v) is 19.0. The topological polar surface area (TPSA) is 86.5 Å². The Balaban J connectivity index is 0.00000225. The lowest BCUT2D eigenvalue weighted by Crippen LogP contribution is -2.45. The fraction of sp³-hybridized carbons (Fsp3) is 0.273. The van der Waals surface area contributed by atoms with E-state index in [0.29, 0.717) is 29.3 Å². The van der Waals surface area contributed by atoms with Crippen LogP contribution in [0.1, 0.15) is 24.2 Å². The molecule has 0 spiro atoms. The van der Waals surface area contributed by atoms with Gasteiger partial charge >= 0.3 is 0 Å². The van der Waals surface area contributed by atoms with Crippen LogP contribution >= 0.6 is 24.8 Å². The van der Waals surface area contributed by atoms with E-state index < -0.39 is 5.54 Å². The maximum absolute atomic E-state index is 12.9. The molecule has 3 rings (SSSR count). The van der Waals surface area contributed by atoms with Gasteiger partial charge < -0.3 is 20.5 Å². The zero-order valence-electron chi connectivity index (χ0n) is 17.4. The van der Waals surface area contributed by atoms with E-state index >= 15 is 0 Å². The number of hydrogen-bond donors (Lipinski definition) is 2. The Morgan fingerprint density at radius 2 is 1.70 bits per heavy atom. The highest BCUT2D eigenvalue weighted by molar-refractivity contribution is 6.07. The molecule has 3 aromatic rings. The first-order valence-electron chi connectivity index (χ1n) is 9.01. The van der Waals surface area contributed by atoms with Crippen LogP contribution in [0.25, 0.3) is 22.2 Å². The van der Waals surface area contributed by atoms with Gasteiger partial charge in [-0.25, -0.2) is 4.98 Å². The van der Waals surface area contributed by atoms with E-state index in [1.165, 1.54) is 0 Å². The van der Waals surface area contributed by atoms with Crippen molar-refractivity contribution in [2.75, 3.05) is 20.8 Å². The summed E-state index contributed by atoms with van der Waals surface area (Å²) in [6, 6.07) is 14.9. The molecule has 0 unspecified atom stereocenters. The summed E-state index contributed by atoms with van der Waals surface area (Å²) in [5, 5.41) is 3.70. The number of aromatic nitrogens is 1. The molecule has 6 nitrogen and oxygen atoms in total. The van der Waals surface area contributed by atoms with Gasteiger partial charge in [0.2, 0.25) is 0 Å². The van der Waals surface area contributed by atoms with Crippen LogP contribution in [0.5, 0.6) is 11.5 Å². The van der Waals surface area contributed by atoms with Gasteiger partial charge in [-0.3, -0.25) is 4.79 Å². The van der Waals surface area contributed by atoms with E-state index in [4.69, 9.17) is 20.2 Å². The lowest BCUT2D eigenvalue weighted by molar-refractivity contribution is 0.0947. The van der Waals surface area contributed by atoms with E-state index in [9.17, 15) is 4.79 Å². The van der Waals surface area contributed by atoms with Gasteiger partial charge in [-0.2, -0.15) is 0 Å². The summed E-state index contributed by atoms with van der Waals surface area (Å²) in [6.45, 7) is 4.11. The molecule has 0 saturated carbocycles. The second-order valence-corrected chi connectivity index (χ2v) is 7.31. The molecule has 0 aliphatic rings. The number of nitrogens with two attached hydrogens (primary N) is 1. The maximum Gasteiger partial charge on any atom is 0.252 e. The summed E-state index contributed by atoms with van der Waals surface area (Å²) in [5.41, 5.74) is 8.31. The van der Waals surface area contributed by atoms with Crippen molar-refractivity contribution in [2.45, 2.75) is 19.4 Å².